The van der Waals surface area contributed by atoms with Gasteiger partial charge < -0.3 is 19.9 Å². The first-order valence-corrected chi connectivity index (χ1v) is 8.00. The summed E-state index contributed by atoms with van der Waals surface area (Å²) in [6, 6.07) is 0. The van der Waals surface area contributed by atoms with Crippen molar-refractivity contribution in [2.45, 2.75) is 25.7 Å². The number of piperazine rings is 1. The molecule has 2 saturated heterocycles. The van der Waals surface area contributed by atoms with Crippen molar-refractivity contribution in [2.75, 3.05) is 59.5 Å². The summed E-state index contributed by atoms with van der Waals surface area (Å²) in [5.41, 5.74) is 0. The number of rotatable bonds is 6. The lowest BCUT2D eigenvalue weighted by Crippen LogP contribution is -2.47. The molecule has 0 radical (unpaired) electrons. The summed E-state index contributed by atoms with van der Waals surface area (Å²) in [5.74, 6) is 1.12. The van der Waals surface area contributed by atoms with Gasteiger partial charge in [-0.15, -0.1) is 12.4 Å². The fourth-order valence-electron chi connectivity index (χ4n) is 2.91. The van der Waals surface area contributed by atoms with Gasteiger partial charge in [-0.05, 0) is 38.8 Å². The van der Waals surface area contributed by atoms with Gasteiger partial charge in [-0.1, -0.05) is 0 Å². The molecule has 0 aromatic carbocycles. The highest BCUT2D eigenvalue weighted by atomic mass is 35.5. The first kappa shape index (κ1) is 18.7. The average molecular weight is 320 g/mol. The molecule has 0 unspecified atom stereocenters. The maximum absolute atomic E-state index is 12.1. The second kappa shape index (κ2) is 10.4. The molecule has 21 heavy (non-hydrogen) atoms. The summed E-state index contributed by atoms with van der Waals surface area (Å²) in [4.78, 5) is 16.4. The van der Waals surface area contributed by atoms with Crippen molar-refractivity contribution in [3.63, 3.8) is 0 Å². The Morgan fingerprint density at radius 1 is 1.24 bits per heavy atom. The Morgan fingerprint density at radius 3 is 2.57 bits per heavy atom. The van der Waals surface area contributed by atoms with E-state index in [9.17, 15) is 4.79 Å². The number of amides is 1. The normalized spacial score (nSPS) is 20.4. The molecule has 2 aliphatic heterocycles. The van der Waals surface area contributed by atoms with Gasteiger partial charge in [-0.2, -0.15) is 0 Å². The standard InChI is InChI=1S/C15H29N3O2.ClH/c1-17(8-2-14-4-12-20-13-5-14)9-3-15(19)18-10-6-16-7-11-18;/h14,16H,2-13H2,1H3;1H. The van der Waals surface area contributed by atoms with E-state index in [0.29, 0.717) is 12.3 Å². The molecule has 6 heteroatoms. The van der Waals surface area contributed by atoms with Crippen LogP contribution in [-0.4, -0.2) is 75.2 Å². The predicted octanol–water partition coefficient (Wildman–Crippen LogP) is 0.979. The Kier molecular flexibility index (Phi) is 9.24. The van der Waals surface area contributed by atoms with Gasteiger partial charge in [0.2, 0.25) is 5.91 Å². The number of carbonyl (C=O) groups excluding carboxylic acids is 1. The second-order valence-corrected chi connectivity index (χ2v) is 6.03. The molecule has 0 aliphatic carbocycles. The van der Waals surface area contributed by atoms with E-state index in [0.717, 1.165) is 58.4 Å². The Morgan fingerprint density at radius 2 is 1.90 bits per heavy atom. The van der Waals surface area contributed by atoms with Crippen LogP contribution in [0.2, 0.25) is 0 Å². The number of hydrogen-bond donors (Lipinski definition) is 1. The topological polar surface area (TPSA) is 44.8 Å². The van der Waals surface area contributed by atoms with Crippen LogP contribution in [0.3, 0.4) is 0 Å². The molecule has 2 rings (SSSR count). The number of hydrogen-bond acceptors (Lipinski definition) is 4. The van der Waals surface area contributed by atoms with Crippen LogP contribution in [0.4, 0.5) is 0 Å². The average Bonchev–Trinajstić information content (AvgIpc) is 2.52. The third-order valence-electron chi connectivity index (χ3n) is 4.44. The van der Waals surface area contributed by atoms with Crippen LogP contribution in [0, 0.1) is 5.92 Å². The molecule has 5 nitrogen and oxygen atoms in total. The number of halogens is 1. The maximum Gasteiger partial charge on any atom is 0.223 e. The zero-order valence-electron chi connectivity index (χ0n) is 13.2. The lowest BCUT2D eigenvalue weighted by atomic mass is 9.96. The maximum atomic E-state index is 12.1. The van der Waals surface area contributed by atoms with Gasteiger partial charge in [0.05, 0.1) is 0 Å². The van der Waals surface area contributed by atoms with E-state index in [-0.39, 0.29) is 12.4 Å². The van der Waals surface area contributed by atoms with Crippen LogP contribution in [0.15, 0.2) is 0 Å². The molecule has 0 saturated carbocycles. The number of nitrogens with zero attached hydrogens (tertiary/aromatic N) is 2. The summed E-state index contributed by atoms with van der Waals surface area (Å²) >= 11 is 0. The molecule has 124 valence electrons. The Hall–Kier alpha value is -0.360. The van der Waals surface area contributed by atoms with Gasteiger partial charge in [0.25, 0.3) is 0 Å². The molecule has 2 fully saturated rings. The third-order valence-corrected chi connectivity index (χ3v) is 4.44. The molecular weight excluding hydrogens is 290 g/mol. The molecule has 0 bridgehead atoms. The fourth-order valence-corrected chi connectivity index (χ4v) is 2.91. The van der Waals surface area contributed by atoms with Gasteiger partial charge in [-0.3, -0.25) is 4.79 Å². The lowest BCUT2D eigenvalue weighted by Gasteiger charge is -2.28. The van der Waals surface area contributed by atoms with Crippen LogP contribution in [0.5, 0.6) is 0 Å². The number of nitrogens with one attached hydrogen (secondary N) is 1. The van der Waals surface area contributed by atoms with E-state index in [1.165, 1.54) is 19.3 Å². The molecule has 2 aliphatic rings. The van der Waals surface area contributed by atoms with E-state index in [4.69, 9.17) is 4.74 Å². The third kappa shape index (κ3) is 6.96. The number of ether oxygens (including phenoxy) is 1. The van der Waals surface area contributed by atoms with Crippen LogP contribution in [0.1, 0.15) is 25.7 Å². The van der Waals surface area contributed by atoms with E-state index >= 15 is 0 Å². The molecule has 0 aromatic rings. The molecule has 0 atom stereocenters. The summed E-state index contributed by atoms with van der Waals surface area (Å²) in [5, 5.41) is 3.28. The van der Waals surface area contributed by atoms with Crippen molar-refractivity contribution in [1.82, 2.24) is 15.1 Å². The minimum Gasteiger partial charge on any atom is -0.381 e. The molecule has 2 heterocycles. The lowest BCUT2D eigenvalue weighted by molar-refractivity contribution is -0.132. The van der Waals surface area contributed by atoms with E-state index < -0.39 is 0 Å². The van der Waals surface area contributed by atoms with Crippen molar-refractivity contribution in [3.05, 3.63) is 0 Å². The zero-order chi connectivity index (χ0) is 14.2. The minimum absolute atomic E-state index is 0. The Labute approximate surface area is 134 Å². The van der Waals surface area contributed by atoms with Crippen LogP contribution >= 0.6 is 12.4 Å². The quantitative estimate of drug-likeness (QED) is 0.792. The summed E-state index contributed by atoms with van der Waals surface area (Å²) < 4.78 is 5.38. The van der Waals surface area contributed by atoms with Crippen LogP contribution < -0.4 is 5.32 Å². The minimum atomic E-state index is 0. The Balaban J connectivity index is 0.00000220. The number of carbonyl (C=O) groups is 1. The first-order valence-electron chi connectivity index (χ1n) is 8.00. The van der Waals surface area contributed by atoms with Crippen molar-refractivity contribution in [2.24, 2.45) is 5.92 Å². The molecule has 0 aromatic heterocycles. The largest absolute Gasteiger partial charge is 0.381 e. The highest BCUT2D eigenvalue weighted by molar-refractivity contribution is 5.85. The zero-order valence-corrected chi connectivity index (χ0v) is 14.0. The second-order valence-electron chi connectivity index (χ2n) is 6.03. The van der Waals surface area contributed by atoms with Crippen molar-refractivity contribution in [1.29, 1.82) is 0 Å². The Bertz CT molecular complexity index is 293. The molecular formula is C15H30ClN3O2. The highest BCUT2D eigenvalue weighted by Gasteiger charge is 2.17. The SMILES string of the molecule is CN(CCC(=O)N1CCNCC1)CCC1CCOCC1.Cl. The van der Waals surface area contributed by atoms with Crippen molar-refractivity contribution in [3.8, 4) is 0 Å². The smallest absolute Gasteiger partial charge is 0.223 e. The molecule has 1 N–H and O–H groups in total. The van der Waals surface area contributed by atoms with Crippen molar-refractivity contribution >= 4 is 18.3 Å². The van der Waals surface area contributed by atoms with Gasteiger partial charge in [0.1, 0.15) is 0 Å². The van der Waals surface area contributed by atoms with Gasteiger partial charge in [-0.25, -0.2) is 0 Å². The predicted molar refractivity (Wildman–Crippen MR) is 87.0 cm³/mol. The van der Waals surface area contributed by atoms with Crippen LogP contribution in [0.25, 0.3) is 0 Å². The summed E-state index contributed by atoms with van der Waals surface area (Å²) in [6.45, 7) is 7.43. The fraction of sp³-hybridized carbons (Fsp3) is 0.933. The van der Waals surface area contributed by atoms with Gasteiger partial charge in [0, 0.05) is 52.4 Å². The van der Waals surface area contributed by atoms with E-state index in [1.807, 2.05) is 4.90 Å². The molecule has 1 amide bonds. The highest BCUT2D eigenvalue weighted by Crippen LogP contribution is 2.18. The molecule has 0 spiro atoms. The summed E-state index contributed by atoms with van der Waals surface area (Å²) in [6.07, 6.45) is 4.30. The van der Waals surface area contributed by atoms with Gasteiger partial charge in [0.15, 0.2) is 0 Å². The monoisotopic (exact) mass is 319 g/mol. The van der Waals surface area contributed by atoms with Crippen molar-refractivity contribution < 1.29 is 9.53 Å². The van der Waals surface area contributed by atoms with E-state index in [1.54, 1.807) is 0 Å². The van der Waals surface area contributed by atoms with Gasteiger partial charge >= 0.3 is 0 Å². The summed E-state index contributed by atoms with van der Waals surface area (Å²) in [7, 11) is 2.13. The first-order chi connectivity index (χ1) is 9.75. The van der Waals surface area contributed by atoms with Crippen LogP contribution in [-0.2, 0) is 9.53 Å². The van der Waals surface area contributed by atoms with E-state index in [2.05, 4.69) is 17.3 Å².